The second kappa shape index (κ2) is 5.19. The molecule has 0 radical (unpaired) electrons. The Morgan fingerprint density at radius 3 is 2.67 bits per heavy atom. The van der Waals surface area contributed by atoms with Gasteiger partial charge < -0.3 is 15.3 Å². The number of β-amino-alcohol motifs (C(OH)–C–C–N with tert-alkyl or cyclic N) is 1. The van der Waals surface area contributed by atoms with E-state index in [1.165, 1.54) is 11.4 Å². The first-order valence-electron chi connectivity index (χ1n) is 6.91. The lowest BCUT2D eigenvalue weighted by Crippen LogP contribution is -2.50. The van der Waals surface area contributed by atoms with Crippen molar-refractivity contribution in [3.63, 3.8) is 0 Å². The normalized spacial score (nSPS) is 19.3. The van der Waals surface area contributed by atoms with Crippen molar-refractivity contribution in [3.05, 3.63) is 24.3 Å². The Morgan fingerprint density at radius 2 is 2.00 bits per heavy atom. The fraction of sp³-hybridized carbons (Fsp3) is 0.600. The van der Waals surface area contributed by atoms with E-state index in [1.54, 1.807) is 0 Å². The van der Waals surface area contributed by atoms with Crippen LogP contribution in [0.4, 0.5) is 11.4 Å². The van der Waals surface area contributed by atoms with Crippen molar-refractivity contribution >= 4 is 11.4 Å². The van der Waals surface area contributed by atoms with Gasteiger partial charge >= 0.3 is 0 Å². The van der Waals surface area contributed by atoms with Gasteiger partial charge in [-0.15, -0.1) is 0 Å². The molecule has 1 aliphatic heterocycles. The maximum atomic E-state index is 10.6. The van der Waals surface area contributed by atoms with Crippen LogP contribution in [0.3, 0.4) is 0 Å². The number of para-hydroxylation sites is 2. The van der Waals surface area contributed by atoms with Crippen LogP contribution in [-0.2, 0) is 0 Å². The van der Waals surface area contributed by atoms with E-state index in [2.05, 4.69) is 49.2 Å². The minimum atomic E-state index is -0.585. The lowest BCUT2D eigenvalue weighted by molar-refractivity contribution is 0.0378. The fourth-order valence-corrected chi connectivity index (χ4v) is 2.51. The third-order valence-corrected chi connectivity index (χ3v) is 4.11. The van der Waals surface area contributed by atoms with Crippen molar-refractivity contribution in [1.82, 2.24) is 0 Å². The maximum absolute atomic E-state index is 10.6. The van der Waals surface area contributed by atoms with Gasteiger partial charge in [0.25, 0.3) is 0 Å². The maximum Gasteiger partial charge on any atom is 0.0816 e. The van der Waals surface area contributed by atoms with Gasteiger partial charge in [-0.25, -0.2) is 0 Å². The molecular formula is C15H24N2O. The average molecular weight is 248 g/mol. The molecule has 0 amide bonds. The first-order chi connectivity index (χ1) is 8.59. The molecule has 1 aromatic carbocycles. The van der Waals surface area contributed by atoms with Gasteiger partial charge in [-0.05, 0) is 31.9 Å². The minimum absolute atomic E-state index is 0.407. The molecular weight excluding hydrogens is 224 g/mol. The Kier molecular flexibility index (Phi) is 3.81. The summed E-state index contributed by atoms with van der Waals surface area (Å²) in [5.74, 6) is 0. The monoisotopic (exact) mass is 248 g/mol. The van der Waals surface area contributed by atoms with Crippen molar-refractivity contribution in [1.29, 1.82) is 0 Å². The van der Waals surface area contributed by atoms with Crippen LogP contribution in [0.2, 0.25) is 0 Å². The van der Waals surface area contributed by atoms with Crippen LogP contribution in [0.25, 0.3) is 0 Å². The van der Waals surface area contributed by atoms with E-state index < -0.39 is 5.60 Å². The van der Waals surface area contributed by atoms with Gasteiger partial charge in [-0.2, -0.15) is 0 Å². The molecule has 1 aliphatic rings. The molecule has 1 aromatic rings. The van der Waals surface area contributed by atoms with Gasteiger partial charge in [0.2, 0.25) is 0 Å². The topological polar surface area (TPSA) is 35.5 Å². The van der Waals surface area contributed by atoms with Crippen LogP contribution in [0.15, 0.2) is 24.3 Å². The zero-order valence-corrected chi connectivity index (χ0v) is 11.6. The Balaban J connectivity index is 2.27. The number of anilines is 2. The molecule has 2 N–H and O–H groups in total. The molecule has 0 aromatic heterocycles. The lowest BCUT2D eigenvalue weighted by Gasteiger charge is -2.42. The summed E-state index contributed by atoms with van der Waals surface area (Å²) in [5, 5.41) is 14.0. The van der Waals surface area contributed by atoms with Gasteiger partial charge in [-0.3, -0.25) is 0 Å². The Morgan fingerprint density at radius 1 is 1.33 bits per heavy atom. The summed E-state index contributed by atoms with van der Waals surface area (Å²) in [6, 6.07) is 8.74. The minimum Gasteiger partial charge on any atom is -0.388 e. The van der Waals surface area contributed by atoms with E-state index in [1.807, 2.05) is 6.07 Å². The summed E-state index contributed by atoms with van der Waals surface area (Å²) in [7, 11) is 0. The van der Waals surface area contributed by atoms with Gasteiger partial charge in [0.05, 0.1) is 17.0 Å². The smallest absolute Gasteiger partial charge is 0.0816 e. The average Bonchev–Trinajstić information content (AvgIpc) is 2.42. The second-order valence-corrected chi connectivity index (χ2v) is 5.31. The summed E-state index contributed by atoms with van der Waals surface area (Å²) >= 11 is 0. The number of fused-ring (bicyclic) bond motifs is 1. The zero-order valence-electron chi connectivity index (χ0n) is 11.6. The molecule has 18 heavy (non-hydrogen) atoms. The third-order valence-electron chi connectivity index (χ3n) is 4.11. The van der Waals surface area contributed by atoms with Crippen LogP contribution in [-0.4, -0.2) is 29.8 Å². The SMILES string of the molecule is CCC(O)(CC)CN1c2ccccc2NCC1C. The first kappa shape index (κ1) is 13.2. The van der Waals surface area contributed by atoms with Crippen LogP contribution in [0, 0.1) is 0 Å². The van der Waals surface area contributed by atoms with Crippen molar-refractivity contribution in [2.75, 3.05) is 23.3 Å². The van der Waals surface area contributed by atoms with E-state index in [4.69, 9.17) is 0 Å². The molecule has 3 nitrogen and oxygen atoms in total. The summed E-state index contributed by atoms with van der Waals surface area (Å²) in [5.41, 5.74) is 1.79. The van der Waals surface area contributed by atoms with Crippen molar-refractivity contribution in [3.8, 4) is 0 Å². The quantitative estimate of drug-likeness (QED) is 0.860. The number of nitrogens with zero attached hydrogens (tertiary/aromatic N) is 1. The predicted molar refractivity (Wildman–Crippen MR) is 77.3 cm³/mol. The summed E-state index contributed by atoms with van der Waals surface area (Å²) in [6.07, 6.45) is 1.59. The van der Waals surface area contributed by atoms with Crippen molar-refractivity contribution in [2.24, 2.45) is 0 Å². The van der Waals surface area contributed by atoms with Gasteiger partial charge in [-0.1, -0.05) is 26.0 Å². The number of hydrogen-bond donors (Lipinski definition) is 2. The fourth-order valence-electron chi connectivity index (χ4n) is 2.51. The second-order valence-electron chi connectivity index (χ2n) is 5.31. The molecule has 1 unspecified atom stereocenters. The van der Waals surface area contributed by atoms with Gasteiger partial charge in [0.15, 0.2) is 0 Å². The standard InChI is InChI=1S/C15H24N2O/c1-4-15(18,5-2)11-17-12(3)10-16-13-8-6-7-9-14(13)17/h6-9,12,16,18H,4-5,10-11H2,1-3H3. The van der Waals surface area contributed by atoms with Crippen LogP contribution in [0.1, 0.15) is 33.6 Å². The number of rotatable bonds is 4. The lowest BCUT2D eigenvalue weighted by atomic mass is 9.95. The van der Waals surface area contributed by atoms with E-state index in [-0.39, 0.29) is 0 Å². The number of nitrogens with one attached hydrogen (secondary N) is 1. The van der Waals surface area contributed by atoms with Crippen LogP contribution >= 0.6 is 0 Å². The molecule has 0 saturated carbocycles. The van der Waals surface area contributed by atoms with Crippen LogP contribution in [0.5, 0.6) is 0 Å². The summed E-state index contributed by atoms with van der Waals surface area (Å²) in [6.45, 7) is 7.96. The Labute approximate surface area is 110 Å². The summed E-state index contributed by atoms with van der Waals surface area (Å²) < 4.78 is 0. The molecule has 0 spiro atoms. The molecule has 1 heterocycles. The van der Waals surface area contributed by atoms with E-state index >= 15 is 0 Å². The highest BCUT2D eigenvalue weighted by molar-refractivity contribution is 5.72. The molecule has 100 valence electrons. The number of aliphatic hydroxyl groups is 1. The molecule has 0 fully saturated rings. The van der Waals surface area contributed by atoms with Crippen LogP contribution < -0.4 is 10.2 Å². The molecule has 1 atom stereocenters. The van der Waals surface area contributed by atoms with E-state index in [0.29, 0.717) is 12.6 Å². The highest BCUT2D eigenvalue weighted by atomic mass is 16.3. The summed E-state index contributed by atoms with van der Waals surface area (Å²) in [4.78, 5) is 2.33. The molecule has 3 heteroatoms. The molecule has 2 rings (SSSR count). The highest BCUT2D eigenvalue weighted by Gasteiger charge is 2.31. The Bertz CT molecular complexity index is 401. The Hall–Kier alpha value is -1.22. The van der Waals surface area contributed by atoms with Crippen molar-refractivity contribution < 1.29 is 5.11 Å². The number of benzene rings is 1. The largest absolute Gasteiger partial charge is 0.388 e. The zero-order chi connectivity index (χ0) is 13.2. The third kappa shape index (κ3) is 2.46. The highest BCUT2D eigenvalue weighted by Crippen LogP contribution is 2.33. The first-order valence-corrected chi connectivity index (χ1v) is 6.91. The molecule has 0 aliphatic carbocycles. The predicted octanol–water partition coefficient (Wildman–Crippen LogP) is 2.86. The van der Waals surface area contributed by atoms with Crippen molar-refractivity contribution in [2.45, 2.75) is 45.3 Å². The molecule has 0 saturated heterocycles. The molecule has 0 bridgehead atoms. The number of hydrogen-bond acceptors (Lipinski definition) is 3. The van der Waals surface area contributed by atoms with E-state index in [0.717, 1.165) is 19.4 Å². The van der Waals surface area contributed by atoms with E-state index in [9.17, 15) is 5.11 Å². The van der Waals surface area contributed by atoms with Gasteiger partial charge in [0.1, 0.15) is 0 Å². The van der Waals surface area contributed by atoms with Gasteiger partial charge in [0, 0.05) is 19.1 Å².